The number of ether oxygens (including phenoxy) is 1. The van der Waals surface area contributed by atoms with Gasteiger partial charge in [-0.15, -0.1) is 11.8 Å². The maximum atomic E-state index is 11.6. The van der Waals surface area contributed by atoms with E-state index < -0.39 is 11.3 Å². The third kappa shape index (κ3) is 1.49. The van der Waals surface area contributed by atoms with Crippen molar-refractivity contribution in [2.45, 2.75) is 18.4 Å². The molecule has 0 aromatic carbocycles. The molecule has 0 saturated carbocycles. The van der Waals surface area contributed by atoms with Gasteiger partial charge in [-0.05, 0) is 24.1 Å². The van der Waals surface area contributed by atoms with E-state index in [-0.39, 0.29) is 11.3 Å². The van der Waals surface area contributed by atoms with Crippen LogP contribution in [0.2, 0.25) is 0 Å². The number of amides is 1. The summed E-state index contributed by atoms with van der Waals surface area (Å²) in [4.78, 5) is 24.3. The first kappa shape index (κ1) is 11.0. The molecule has 0 unspecified atom stereocenters. The van der Waals surface area contributed by atoms with Gasteiger partial charge in [0.25, 0.3) is 11.1 Å². The predicted octanol–water partition coefficient (Wildman–Crippen LogP) is 0.956. The first-order valence-electron chi connectivity index (χ1n) is 4.45. The molecule has 2 aliphatic heterocycles. The second-order valence-corrected chi connectivity index (χ2v) is 4.92. The number of methoxy groups -OCH3 is 1. The van der Waals surface area contributed by atoms with Crippen LogP contribution >= 0.6 is 23.4 Å². The van der Waals surface area contributed by atoms with Crippen LogP contribution in [-0.2, 0) is 14.3 Å². The summed E-state index contributed by atoms with van der Waals surface area (Å²) < 4.78 is 5.04. The molecular weight excluding hydrogens is 238 g/mol. The molecule has 0 N–H and O–H groups in total. The molecule has 0 aromatic rings. The van der Waals surface area contributed by atoms with Gasteiger partial charge in [0.05, 0.1) is 0 Å². The third-order valence-corrected chi connectivity index (χ3v) is 4.13. The van der Waals surface area contributed by atoms with Crippen molar-refractivity contribution in [3.8, 4) is 0 Å². The molecule has 0 aliphatic carbocycles. The molecule has 0 aromatic heterocycles. The van der Waals surface area contributed by atoms with Gasteiger partial charge in [-0.3, -0.25) is 14.5 Å². The Hall–Kier alpha value is -0.520. The van der Waals surface area contributed by atoms with Gasteiger partial charge in [-0.1, -0.05) is 0 Å². The van der Waals surface area contributed by atoms with Crippen LogP contribution in [0.3, 0.4) is 0 Å². The zero-order valence-corrected chi connectivity index (χ0v) is 9.89. The Morgan fingerprint density at radius 2 is 2.33 bits per heavy atom. The third-order valence-electron chi connectivity index (χ3n) is 2.55. The van der Waals surface area contributed by atoms with Gasteiger partial charge in [0.2, 0.25) is 0 Å². The number of carbonyl (C=O) groups is 2. The monoisotopic (exact) mass is 247 g/mol. The van der Waals surface area contributed by atoms with Crippen LogP contribution < -0.4 is 0 Å². The minimum Gasteiger partial charge on any atom is -0.368 e. The molecule has 2 heterocycles. The van der Waals surface area contributed by atoms with Crippen LogP contribution in [0.1, 0.15) is 6.92 Å². The fourth-order valence-corrected chi connectivity index (χ4v) is 3.37. The van der Waals surface area contributed by atoms with Crippen LogP contribution in [0.4, 0.5) is 0 Å². The standard InChI is InChI=1S/C9H10ClNO3S/c1-4-3-15-9-6(14-2)8(13)11(9)5(4)7(10)12/h6,9H,3H2,1-2H3/t6-,9+/m0/s1. The quantitative estimate of drug-likeness (QED) is 0.539. The highest BCUT2D eigenvalue weighted by atomic mass is 35.5. The molecule has 2 atom stereocenters. The van der Waals surface area contributed by atoms with Crippen LogP contribution in [0.25, 0.3) is 0 Å². The number of carbonyl (C=O) groups excluding carboxylic acids is 2. The summed E-state index contributed by atoms with van der Waals surface area (Å²) in [7, 11) is 1.49. The van der Waals surface area contributed by atoms with Crippen LogP contribution in [0.5, 0.6) is 0 Å². The topological polar surface area (TPSA) is 46.6 Å². The van der Waals surface area contributed by atoms with E-state index in [0.29, 0.717) is 11.4 Å². The Bertz CT molecular complexity index is 368. The Morgan fingerprint density at radius 3 is 2.87 bits per heavy atom. The van der Waals surface area contributed by atoms with Crippen molar-refractivity contribution in [3.05, 3.63) is 11.3 Å². The molecule has 1 amide bonds. The normalized spacial score (nSPS) is 30.1. The lowest BCUT2D eigenvalue weighted by Crippen LogP contribution is -2.65. The number of halogens is 1. The number of fused-ring (bicyclic) bond motifs is 1. The molecule has 0 spiro atoms. The molecule has 0 radical (unpaired) electrons. The van der Waals surface area contributed by atoms with Crippen molar-refractivity contribution >= 4 is 34.5 Å². The van der Waals surface area contributed by atoms with E-state index in [2.05, 4.69) is 0 Å². The number of hydrogen-bond acceptors (Lipinski definition) is 4. The largest absolute Gasteiger partial charge is 0.368 e. The second-order valence-electron chi connectivity index (χ2n) is 3.47. The first-order chi connectivity index (χ1) is 7.07. The molecule has 82 valence electrons. The summed E-state index contributed by atoms with van der Waals surface area (Å²) in [6, 6.07) is 0. The number of hydrogen-bond donors (Lipinski definition) is 0. The summed E-state index contributed by atoms with van der Waals surface area (Å²) >= 11 is 7.05. The minimum absolute atomic E-state index is 0.0936. The highest BCUT2D eigenvalue weighted by molar-refractivity contribution is 8.00. The van der Waals surface area contributed by atoms with E-state index in [0.717, 1.165) is 5.57 Å². The molecule has 2 rings (SSSR count). The average molecular weight is 248 g/mol. The molecule has 0 bridgehead atoms. The Balaban J connectivity index is 2.32. The van der Waals surface area contributed by atoms with Crippen molar-refractivity contribution in [1.29, 1.82) is 0 Å². The van der Waals surface area contributed by atoms with E-state index in [1.807, 2.05) is 6.92 Å². The molecular formula is C9H10ClNO3S. The number of β-lactam (4-membered cyclic amide) rings is 1. The molecule has 4 nitrogen and oxygen atoms in total. The van der Waals surface area contributed by atoms with Gasteiger partial charge >= 0.3 is 0 Å². The zero-order chi connectivity index (χ0) is 11.2. The summed E-state index contributed by atoms with van der Waals surface area (Å²) in [5.74, 6) is 0.528. The van der Waals surface area contributed by atoms with E-state index in [1.54, 1.807) is 11.8 Å². The Morgan fingerprint density at radius 1 is 1.67 bits per heavy atom. The number of nitrogens with zero attached hydrogens (tertiary/aromatic N) is 1. The molecule has 1 saturated heterocycles. The first-order valence-corrected chi connectivity index (χ1v) is 5.87. The lowest BCUT2D eigenvalue weighted by Gasteiger charge is -2.48. The highest BCUT2D eigenvalue weighted by Crippen LogP contribution is 2.41. The molecule has 2 aliphatic rings. The van der Waals surface area contributed by atoms with Crippen molar-refractivity contribution in [3.63, 3.8) is 0 Å². The van der Waals surface area contributed by atoms with E-state index in [4.69, 9.17) is 16.3 Å². The van der Waals surface area contributed by atoms with Crippen molar-refractivity contribution in [2.24, 2.45) is 0 Å². The van der Waals surface area contributed by atoms with E-state index >= 15 is 0 Å². The van der Waals surface area contributed by atoms with Gasteiger partial charge in [0, 0.05) is 12.9 Å². The van der Waals surface area contributed by atoms with Crippen molar-refractivity contribution in [2.75, 3.05) is 12.9 Å². The fourth-order valence-electron chi connectivity index (χ4n) is 1.80. The lowest BCUT2D eigenvalue weighted by atomic mass is 10.1. The van der Waals surface area contributed by atoms with Crippen molar-refractivity contribution < 1.29 is 14.3 Å². The second kappa shape index (κ2) is 3.81. The fraction of sp³-hybridized carbons (Fsp3) is 0.556. The van der Waals surface area contributed by atoms with Crippen molar-refractivity contribution in [1.82, 2.24) is 4.90 Å². The Kier molecular flexibility index (Phi) is 2.79. The summed E-state index contributed by atoms with van der Waals surface area (Å²) in [5.41, 5.74) is 1.18. The summed E-state index contributed by atoms with van der Waals surface area (Å²) in [6.07, 6.45) is -0.436. The maximum Gasteiger partial charge on any atom is 0.268 e. The maximum absolute atomic E-state index is 11.6. The van der Waals surface area contributed by atoms with Crippen LogP contribution in [-0.4, -0.2) is 40.4 Å². The minimum atomic E-state index is -0.569. The Labute approximate surface area is 96.6 Å². The van der Waals surface area contributed by atoms with Gasteiger partial charge < -0.3 is 4.74 Å². The van der Waals surface area contributed by atoms with Gasteiger partial charge in [0.15, 0.2) is 6.10 Å². The van der Waals surface area contributed by atoms with Gasteiger partial charge in [0.1, 0.15) is 11.1 Å². The zero-order valence-electron chi connectivity index (χ0n) is 8.32. The smallest absolute Gasteiger partial charge is 0.268 e. The average Bonchev–Trinajstić information content (AvgIpc) is 2.18. The van der Waals surface area contributed by atoms with E-state index in [9.17, 15) is 9.59 Å². The number of thioether (sulfide) groups is 1. The predicted molar refractivity (Wildman–Crippen MR) is 57.4 cm³/mol. The SMILES string of the molecule is CO[C@H]1C(=O)N2C(C(=O)Cl)=C(C)CS[C@H]12. The van der Waals surface area contributed by atoms with Gasteiger partial charge in [-0.2, -0.15) is 0 Å². The molecule has 6 heteroatoms. The molecule has 1 fully saturated rings. The highest BCUT2D eigenvalue weighted by Gasteiger charge is 2.53. The number of allylic oxidation sites excluding steroid dienone is 1. The summed E-state index contributed by atoms with van der Waals surface area (Å²) in [5, 5.41) is -0.662. The van der Waals surface area contributed by atoms with Gasteiger partial charge in [-0.25, -0.2) is 0 Å². The van der Waals surface area contributed by atoms with E-state index in [1.165, 1.54) is 12.0 Å². The van der Waals surface area contributed by atoms with Crippen LogP contribution in [0.15, 0.2) is 11.3 Å². The van der Waals surface area contributed by atoms with Crippen LogP contribution in [0, 0.1) is 0 Å². The summed E-state index contributed by atoms with van der Waals surface area (Å²) in [6.45, 7) is 1.81. The lowest BCUT2D eigenvalue weighted by molar-refractivity contribution is -0.159. The molecule has 15 heavy (non-hydrogen) atoms. The number of rotatable bonds is 2.